The van der Waals surface area contributed by atoms with Gasteiger partial charge in [0.1, 0.15) is 10.3 Å². The molecule has 0 bridgehead atoms. The van der Waals surface area contributed by atoms with Crippen LogP contribution in [0.25, 0.3) is 27.3 Å². The number of carbonyl (C=O) groups is 1. The molecule has 7 nitrogen and oxygen atoms in total. The molecule has 3 aromatic heterocycles. The lowest BCUT2D eigenvalue weighted by molar-refractivity contribution is -0.126. The molecule has 4 aromatic rings. The largest absolute Gasteiger partial charge is 0.346 e. The van der Waals surface area contributed by atoms with Crippen molar-refractivity contribution < 1.29 is 4.79 Å². The first kappa shape index (κ1) is 20.2. The van der Waals surface area contributed by atoms with Gasteiger partial charge in [-0.15, -0.1) is 0 Å². The number of thiazole rings is 1. The Labute approximate surface area is 189 Å². The molecule has 1 aromatic carbocycles. The summed E-state index contributed by atoms with van der Waals surface area (Å²) in [7, 11) is 0. The molecule has 1 amide bonds. The van der Waals surface area contributed by atoms with E-state index in [1.54, 1.807) is 23.6 Å². The van der Waals surface area contributed by atoms with Gasteiger partial charge in [0.25, 0.3) is 0 Å². The average Bonchev–Trinajstić information content (AvgIpc) is 3.43. The van der Waals surface area contributed by atoms with Crippen LogP contribution in [0.5, 0.6) is 0 Å². The summed E-state index contributed by atoms with van der Waals surface area (Å²) in [5, 5.41) is 11.0. The van der Waals surface area contributed by atoms with E-state index >= 15 is 0 Å². The number of piperazine rings is 1. The van der Waals surface area contributed by atoms with E-state index in [9.17, 15) is 4.79 Å². The Morgan fingerprint density at radius 2 is 2.00 bits per heavy atom. The van der Waals surface area contributed by atoms with Crippen molar-refractivity contribution in [3.05, 3.63) is 60.4 Å². The molecule has 0 atom stereocenters. The number of amides is 1. The third-order valence-electron chi connectivity index (χ3n) is 5.71. The molecule has 5 rings (SSSR count). The van der Waals surface area contributed by atoms with E-state index in [1.165, 1.54) is 0 Å². The molecule has 8 heteroatoms. The van der Waals surface area contributed by atoms with Crippen LogP contribution in [0.4, 0.5) is 5.13 Å². The summed E-state index contributed by atoms with van der Waals surface area (Å²) < 4.78 is 2.08. The molecule has 0 radical (unpaired) electrons. The molecule has 32 heavy (non-hydrogen) atoms. The van der Waals surface area contributed by atoms with Crippen molar-refractivity contribution in [2.75, 3.05) is 31.1 Å². The second kappa shape index (κ2) is 8.81. The van der Waals surface area contributed by atoms with Crippen molar-refractivity contribution in [1.29, 1.82) is 5.26 Å². The summed E-state index contributed by atoms with van der Waals surface area (Å²) in [6.45, 7) is 3.48. The van der Waals surface area contributed by atoms with Crippen LogP contribution in [0.1, 0.15) is 12.0 Å². The molecule has 0 saturated carbocycles. The van der Waals surface area contributed by atoms with Crippen LogP contribution in [0, 0.1) is 11.3 Å². The smallest absolute Gasteiger partial charge is 0.246 e. The summed E-state index contributed by atoms with van der Waals surface area (Å²) in [6, 6.07) is 14.1. The minimum atomic E-state index is 0.0180. The van der Waals surface area contributed by atoms with Crippen LogP contribution in [-0.2, 0) is 11.3 Å². The fourth-order valence-electron chi connectivity index (χ4n) is 4.04. The molecular formula is C24H22N6OS. The number of pyridine rings is 1. The number of anilines is 1. The predicted molar refractivity (Wildman–Crippen MR) is 127 cm³/mol. The van der Waals surface area contributed by atoms with E-state index in [2.05, 4.69) is 25.5 Å². The van der Waals surface area contributed by atoms with Gasteiger partial charge in [-0.25, -0.2) is 9.97 Å². The molecule has 0 unspecified atom stereocenters. The number of para-hydroxylation sites is 1. The first-order chi connectivity index (χ1) is 15.7. The van der Waals surface area contributed by atoms with Crippen LogP contribution in [0.3, 0.4) is 0 Å². The molecule has 1 aliphatic rings. The maximum atomic E-state index is 12.8. The van der Waals surface area contributed by atoms with Crippen molar-refractivity contribution in [1.82, 2.24) is 19.4 Å². The number of hydrogen-bond donors (Lipinski definition) is 0. The zero-order valence-corrected chi connectivity index (χ0v) is 18.3. The lowest BCUT2D eigenvalue weighted by Gasteiger charge is -2.34. The molecule has 1 aliphatic heterocycles. The summed E-state index contributed by atoms with van der Waals surface area (Å²) >= 11 is 1.59. The summed E-state index contributed by atoms with van der Waals surface area (Å²) in [5.41, 5.74) is 2.99. The van der Waals surface area contributed by atoms with Gasteiger partial charge in [0.05, 0.1) is 12.5 Å². The second-order valence-corrected chi connectivity index (χ2v) is 8.63. The van der Waals surface area contributed by atoms with Crippen LogP contribution in [0.2, 0.25) is 0 Å². The van der Waals surface area contributed by atoms with Crippen molar-refractivity contribution in [2.24, 2.45) is 0 Å². The molecule has 4 heterocycles. The summed E-state index contributed by atoms with van der Waals surface area (Å²) in [6.07, 6.45) is 7.81. The fraction of sp³-hybridized carbons (Fsp3) is 0.250. The van der Waals surface area contributed by atoms with Gasteiger partial charge in [0.15, 0.2) is 5.13 Å². The predicted octanol–water partition coefficient (Wildman–Crippen LogP) is 3.92. The van der Waals surface area contributed by atoms with Crippen molar-refractivity contribution in [3.63, 3.8) is 0 Å². The van der Waals surface area contributed by atoms with E-state index in [0.717, 1.165) is 45.0 Å². The Morgan fingerprint density at radius 3 is 2.81 bits per heavy atom. The first-order valence-corrected chi connectivity index (χ1v) is 11.4. The highest BCUT2D eigenvalue weighted by Gasteiger charge is 2.22. The quantitative estimate of drug-likeness (QED) is 0.438. The van der Waals surface area contributed by atoms with E-state index in [0.29, 0.717) is 26.1 Å². The number of hydrogen-bond acceptors (Lipinski definition) is 6. The third-order valence-corrected chi connectivity index (χ3v) is 6.75. The topological polar surface area (TPSA) is 78.0 Å². The van der Waals surface area contributed by atoms with E-state index in [4.69, 9.17) is 5.26 Å². The van der Waals surface area contributed by atoms with Gasteiger partial charge in [-0.3, -0.25) is 4.79 Å². The standard InChI is InChI=1S/C24H22N6OS/c25-10-4-12-30-17-18(19-5-1-2-7-21(19)30)8-9-22(31)28-13-15-29(16-14-28)24-27-20-6-3-11-26-23(20)32-24/h1-3,5-9,11,17H,4,12-16H2/b9-8+. The lowest BCUT2D eigenvalue weighted by Crippen LogP contribution is -2.48. The number of nitriles is 1. The number of benzene rings is 1. The highest BCUT2D eigenvalue weighted by atomic mass is 32.1. The highest BCUT2D eigenvalue weighted by molar-refractivity contribution is 7.21. The Bertz CT molecular complexity index is 1310. The minimum absolute atomic E-state index is 0.0180. The normalized spacial score (nSPS) is 14.5. The summed E-state index contributed by atoms with van der Waals surface area (Å²) in [5.74, 6) is 0.0180. The van der Waals surface area contributed by atoms with Crippen LogP contribution < -0.4 is 4.90 Å². The van der Waals surface area contributed by atoms with Crippen molar-refractivity contribution in [2.45, 2.75) is 13.0 Å². The lowest BCUT2D eigenvalue weighted by atomic mass is 10.1. The van der Waals surface area contributed by atoms with Gasteiger partial charge < -0.3 is 14.4 Å². The summed E-state index contributed by atoms with van der Waals surface area (Å²) in [4.78, 5) is 26.9. The third kappa shape index (κ3) is 3.95. The fourth-order valence-corrected chi connectivity index (χ4v) is 5.00. The number of carbonyl (C=O) groups excluding carboxylic acids is 1. The highest BCUT2D eigenvalue weighted by Crippen LogP contribution is 2.28. The Kier molecular flexibility index (Phi) is 5.57. The average molecular weight is 443 g/mol. The molecular weight excluding hydrogens is 420 g/mol. The van der Waals surface area contributed by atoms with Gasteiger partial charge in [0, 0.05) is 67.7 Å². The SMILES string of the molecule is N#CCCn1cc(/C=C/C(=O)N2CCN(c3nc4cccnc4s3)CC2)c2ccccc21. The van der Waals surface area contributed by atoms with Gasteiger partial charge in [-0.2, -0.15) is 5.26 Å². The number of fused-ring (bicyclic) bond motifs is 2. The van der Waals surface area contributed by atoms with Crippen molar-refractivity contribution >= 4 is 49.7 Å². The second-order valence-electron chi connectivity index (χ2n) is 7.67. The number of aromatic nitrogens is 3. The van der Waals surface area contributed by atoms with Gasteiger partial charge >= 0.3 is 0 Å². The van der Waals surface area contributed by atoms with E-state index in [1.807, 2.05) is 53.6 Å². The number of aryl methyl sites for hydroxylation is 1. The van der Waals surface area contributed by atoms with Gasteiger partial charge in [-0.05, 0) is 24.3 Å². The van der Waals surface area contributed by atoms with Crippen LogP contribution in [-0.4, -0.2) is 51.5 Å². The molecule has 0 spiro atoms. The monoisotopic (exact) mass is 442 g/mol. The van der Waals surface area contributed by atoms with E-state index in [-0.39, 0.29) is 5.91 Å². The van der Waals surface area contributed by atoms with Crippen LogP contribution in [0.15, 0.2) is 54.9 Å². The maximum absolute atomic E-state index is 12.8. The van der Waals surface area contributed by atoms with Gasteiger partial charge in [0.2, 0.25) is 5.91 Å². The Hall–Kier alpha value is -3.70. The molecule has 160 valence electrons. The maximum Gasteiger partial charge on any atom is 0.246 e. The zero-order valence-electron chi connectivity index (χ0n) is 17.5. The molecule has 0 aliphatic carbocycles. The molecule has 1 fully saturated rings. The molecule has 1 saturated heterocycles. The Morgan fingerprint density at radius 1 is 1.16 bits per heavy atom. The number of rotatable bonds is 5. The van der Waals surface area contributed by atoms with E-state index < -0.39 is 0 Å². The Balaban J connectivity index is 1.25. The zero-order chi connectivity index (χ0) is 21.9. The minimum Gasteiger partial charge on any atom is -0.346 e. The van der Waals surface area contributed by atoms with Crippen molar-refractivity contribution in [3.8, 4) is 6.07 Å². The van der Waals surface area contributed by atoms with Crippen LogP contribution >= 0.6 is 11.3 Å². The molecule has 0 N–H and O–H groups in total. The first-order valence-electron chi connectivity index (χ1n) is 10.6. The van der Waals surface area contributed by atoms with Gasteiger partial charge in [-0.1, -0.05) is 29.5 Å². The number of nitrogens with zero attached hydrogens (tertiary/aromatic N) is 6.